The van der Waals surface area contributed by atoms with Crippen molar-refractivity contribution in [1.29, 1.82) is 0 Å². The molecule has 0 bridgehead atoms. The summed E-state index contributed by atoms with van der Waals surface area (Å²) in [4.78, 5) is 20.7. The number of rotatable bonds is 7. The fourth-order valence-corrected chi connectivity index (χ4v) is 3.38. The summed E-state index contributed by atoms with van der Waals surface area (Å²) >= 11 is 1.66. The standard InChI is InChI=1S/C15H26N4O2S/c1-3-21-12(2)15-17-13(11-22-15)10-18-6-8-19(9-7-18)14(20)4-5-16/h11-12H,3-10,16H2,1-2H3. The summed E-state index contributed by atoms with van der Waals surface area (Å²) in [6.45, 7) is 9.36. The normalized spacial score (nSPS) is 17.7. The third kappa shape index (κ3) is 4.74. The van der Waals surface area contributed by atoms with Gasteiger partial charge in [0.1, 0.15) is 11.1 Å². The highest BCUT2D eigenvalue weighted by atomic mass is 32.1. The van der Waals surface area contributed by atoms with Crippen LogP contribution < -0.4 is 5.73 Å². The zero-order valence-electron chi connectivity index (χ0n) is 13.5. The molecule has 124 valence electrons. The third-order valence-electron chi connectivity index (χ3n) is 3.80. The van der Waals surface area contributed by atoms with Gasteiger partial charge < -0.3 is 15.4 Å². The van der Waals surface area contributed by atoms with Crippen molar-refractivity contribution in [2.45, 2.75) is 32.9 Å². The van der Waals surface area contributed by atoms with Crippen LogP contribution in [0.1, 0.15) is 37.1 Å². The van der Waals surface area contributed by atoms with Gasteiger partial charge in [-0.2, -0.15) is 0 Å². The van der Waals surface area contributed by atoms with Gasteiger partial charge in [-0.3, -0.25) is 9.69 Å². The number of amides is 1. The quantitative estimate of drug-likeness (QED) is 0.816. The molecule has 1 saturated heterocycles. The summed E-state index contributed by atoms with van der Waals surface area (Å²) in [6.07, 6.45) is 0.514. The molecule has 1 amide bonds. The zero-order chi connectivity index (χ0) is 15.9. The Morgan fingerprint density at radius 3 is 2.82 bits per heavy atom. The first-order valence-corrected chi connectivity index (χ1v) is 8.78. The Morgan fingerprint density at radius 1 is 1.45 bits per heavy atom. The van der Waals surface area contributed by atoms with Crippen molar-refractivity contribution in [1.82, 2.24) is 14.8 Å². The van der Waals surface area contributed by atoms with Gasteiger partial charge in [0.05, 0.1) is 5.69 Å². The smallest absolute Gasteiger partial charge is 0.223 e. The van der Waals surface area contributed by atoms with E-state index in [2.05, 4.69) is 15.3 Å². The van der Waals surface area contributed by atoms with Gasteiger partial charge in [0.25, 0.3) is 0 Å². The Labute approximate surface area is 136 Å². The highest BCUT2D eigenvalue weighted by Gasteiger charge is 2.21. The van der Waals surface area contributed by atoms with Crippen LogP contribution in [-0.4, -0.2) is 60.0 Å². The van der Waals surface area contributed by atoms with Gasteiger partial charge in [0.2, 0.25) is 5.91 Å². The van der Waals surface area contributed by atoms with E-state index in [1.165, 1.54) is 0 Å². The van der Waals surface area contributed by atoms with Crippen LogP contribution in [0.25, 0.3) is 0 Å². The Bertz CT molecular complexity index is 472. The average molecular weight is 326 g/mol. The topological polar surface area (TPSA) is 71.7 Å². The van der Waals surface area contributed by atoms with Crippen LogP contribution in [-0.2, 0) is 16.1 Å². The van der Waals surface area contributed by atoms with Crippen molar-refractivity contribution >= 4 is 17.2 Å². The number of carbonyl (C=O) groups excluding carboxylic acids is 1. The molecule has 7 heteroatoms. The van der Waals surface area contributed by atoms with Crippen LogP contribution in [0.5, 0.6) is 0 Å². The number of nitrogens with zero attached hydrogens (tertiary/aromatic N) is 3. The molecule has 0 radical (unpaired) electrons. The maximum atomic E-state index is 11.8. The number of hydrogen-bond donors (Lipinski definition) is 1. The molecular weight excluding hydrogens is 300 g/mol. The number of hydrogen-bond acceptors (Lipinski definition) is 6. The maximum absolute atomic E-state index is 11.8. The lowest BCUT2D eigenvalue weighted by Crippen LogP contribution is -2.48. The van der Waals surface area contributed by atoms with Crippen molar-refractivity contribution < 1.29 is 9.53 Å². The Morgan fingerprint density at radius 2 is 2.18 bits per heavy atom. The minimum absolute atomic E-state index is 0.0643. The van der Waals surface area contributed by atoms with Crippen LogP contribution >= 0.6 is 11.3 Å². The number of thiazole rings is 1. The fraction of sp³-hybridized carbons (Fsp3) is 0.733. The molecule has 1 unspecified atom stereocenters. The van der Waals surface area contributed by atoms with Gasteiger partial charge in [-0.15, -0.1) is 11.3 Å². The summed E-state index contributed by atoms with van der Waals surface area (Å²) in [5.41, 5.74) is 6.53. The molecule has 1 fully saturated rings. The fourth-order valence-electron chi connectivity index (χ4n) is 2.57. The molecular formula is C15H26N4O2S. The van der Waals surface area contributed by atoms with E-state index < -0.39 is 0 Å². The molecule has 2 N–H and O–H groups in total. The third-order valence-corrected chi connectivity index (χ3v) is 4.86. The summed E-state index contributed by atoms with van der Waals surface area (Å²) in [5, 5.41) is 3.14. The van der Waals surface area contributed by atoms with Crippen LogP contribution in [0.2, 0.25) is 0 Å². The number of piperazine rings is 1. The van der Waals surface area contributed by atoms with Crippen molar-refractivity contribution in [3.8, 4) is 0 Å². The largest absolute Gasteiger partial charge is 0.372 e. The van der Waals surface area contributed by atoms with Gasteiger partial charge >= 0.3 is 0 Å². The summed E-state index contributed by atoms with van der Waals surface area (Å²) in [7, 11) is 0. The van der Waals surface area contributed by atoms with Crippen LogP contribution in [0.3, 0.4) is 0 Å². The van der Waals surface area contributed by atoms with Crippen LogP contribution in [0.4, 0.5) is 0 Å². The first-order valence-electron chi connectivity index (χ1n) is 7.90. The molecule has 0 spiro atoms. The Hall–Kier alpha value is -1.02. The lowest BCUT2D eigenvalue weighted by atomic mass is 10.2. The second-order valence-electron chi connectivity index (χ2n) is 5.47. The van der Waals surface area contributed by atoms with Crippen molar-refractivity contribution in [2.75, 3.05) is 39.3 Å². The lowest BCUT2D eigenvalue weighted by molar-refractivity contribution is -0.132. The van der Waals surface area contributed by atoms with Gasteiger partial charge in [-0.1, -0.05) is 0 Å². The van der Waals surface area contributed by atoms with Gasteiger partial charge in [0, 0.05) is 57.7 Å². The molecule has 1 atom stereocenters. The summed E-state index contributed by atoms with van der Waals surface area (Å²) < 4.78 is 5.57. The number of carbonyl (C=O) groups is 1. The van der Waals surface area contributed by atoms with E-state index in [4.69, 9.17) is 10.5 Å². The van der Waals surface area contributed by atoms with E-state index >= 15 is 0 Å². The Kier molecular flexibility index (Phi) is 6.75. The van der Waals surface area contributed by atoms with E-state index in [0.717, 1.165) is 43.4 Å². The molecule has 2 rings (SSSR count). The predicted molar refractivity (Wildman–Crippen MR) is 87.7 cm³/mol. The molecule has 1 aromatic heterocycles. The minimum atomic E-state index is 0.0643. The first kappa shape index (κ1) is 17.3. The van der Waals surface area contributed by atoms with Crippen LogP contribution in [0.15, 0.2) is 5.38 Å². The molecule has 22 heavy (non-hydrogen) atoms. The molecule has 1 aliphatic rings. The van der Waals surface area contributed by atoms with Crippen molar-refractivity contribution in [3.63, 3.8) is 0 Å². The number of ether oxygens (including phenoxy) is 1. The summed E-state index contributed by atoms with van der Waals surface area (Å²) in [6, 6.07) is 0. The SMILES string of the molecule is CCOC(C)c1nc(CN2CCN(C(=O)CCN)CC2)cs1. The first-order chi connectivity index (χ1) is 10.6. The van der Waals surface area contributed by atoms with Crippen molar-refractivity contribution in [3.05, 3.63) is 16.1 Å². The van der Waals surface area contributed by atoms with E-state index in [1.54, 1.807) is 11.3 Å². The van der Waals surface area contributed by atoms with E-state index in [-0.39, 0.29) is 12.0 Å². The molecule has 6 nitrogen and oxygen atoms in total. The molecule has 0 saturated carbocycles. The number of nitrogens with two attached hydrogens (primary N) is 1. The molecule has 0 aromatic carbocycles. The Balaban J connectivity index is 1.80. The number of aromatic nitrogens is 1. The highest BCUT2D eigenvalue weighted by molar-refractivity contribution is 7.09. The van der Waals surface area contributed by atoms with Gasteiger partial charge in [-0.25, -0.2) is 4.98 Å². The van der Waals surface area contributed by atoms with E-state index in [1.807, 2.05) is 18.7 Å². The van der Waals surface area contributed by atoms with E-state index in [9.17, 15) is 4.79 Å². The van der Waals surface area contributed by atoms with Gasteiger partial charge in [-0.05, 0) is 13.8 Å². The molecule has 1 aromatic rings. The lowest BCUT2D eigenvalue weighted by Gasteiger charge is -2.34. The average Bonchev–Trinajstić information content (AvgIpc) is 2.97. The molecule has 0 aliphatic carbocycles. The predicted octanol–water partition coefficient (Wildman–Crippen LogP) is 1.23. The maximum Gasteiger partial charge on any atom is 0.223 e. The summed E-state index contributed by atoms with van der Waals surface area (Å²) in [5.74, 6) is 0.170. The van der Waals surface area contributed by atoms with Crippen molar-refractivity contribution in [2.24, 2.45) is 5.73 Å². The van der Waals surface area contributed by atoms with E-state index in [0.29, 0.717) is 19.6 Å². The molecule has 2 heterocycles. The van der Waals surface area contributed by atoms with Gasteiger partial charge in [0.15, 0.2) is 0 Å². The monoisotopic (exact) mass is 326 g/mol. The second-order valence-corrected chi connectivity index (χ2v) is 6.36. The second kappa shape index (κ2) is 8.57. The minimum Gasteiger partial charge on any atom is -0.372 e. The molecule has 1 aliphatic heterocycles. The zero-order valence-corrected chi connectivity index (χ0v) is 14.3. The van der Waals surface area contributed by atoms with Crippen LogP contribution in [0, 0.1) is 0 Å². The highest BCUT2D eigenvalue weighted by Crippen LogP contribution is 2.22.